The first-order valence-electron chi connectivity index (χ1n) is 10.3. The fourth-order valence-corrected chi connectivity index (χ4v) is 6.22. The predicted molar refractivity (Wildman–Crippen MR) is 129 cm³/mol. The first kappa shape index (κ1) is 22.8. The van der Waals surface area contributed by atoms with E-state index in [9.17, 15) is 8.42 Å². The van der Waals surface area contributed by atoms with Gasteiger partial charge in [0.2, 0.25) is 10.0 Å². The van der Waals surface area contributed by atoms with Crippen molar-refractivity contribution in [1.82, 2.24) is 18.9 Å². The van der Waals surface area contributed by atoms with Crippen molar-refractivity contribution in [1.29, 1.82) is 0 Å². The number of thioether (sulfide) groups is 1. The fraction of sp³-hybridized carbons (Fsp3) is 0.217. The molecule has 2 aromatic heterocycles. The van der Waals surface area contributed by atoms with Crippen molar-refractivity contribution in [3.63, 3.8) is 0 Å². The summed E-state index contributed by atoms with van der Waals surface area (Å²) in [4.78, 5) is 0.220. The van der Waals surface area contributed by atoms with Crippen LogP contribution < -0.4 is 0 Å². The van der Waals surface area contributed by atoms with Crippen LogP contribution in [0.4, 0.5) is 0 Å². The van der Waals surface area contributed by atoms with Gasteiger partial charge >= 0.3 is 0 Å². The summed E-state index contributed by atoms with van der Waals surface area (Å²) < 4.78 is 29.2. The van der Waals surface area contributed by atoms with Gasteiger partial charge in [-0.1, -0.05) is 79.7 Å². The standard InChI is InChI=1S/C23H23ClN4O2S2/c1-3-27(4-2)32(29,30)20-14-15-21-25-26-23(28(21)16-20)31-22(17-8-6-5-7-9-17)18-10-12-19(24)13-11-18/h5-16,22H,3-4H2,1-2H3. The maximum absolute atomic E-state index is 13.0. The number of nitrogens with zero attached hydrogens (tertiary/aromatic N) is 4. The molecule has 0 aliphatic carbocycles. The number of halogens is 1. The van der Waals surface area contributed by atoms with E-state index in [0.717, 1.165) is 11.1 Å². The van der Waals surface area contributed by atoms with E-state index < -0.39 is 10.0 Å². The van der Waals surface area contributed by atoms with Crippen LogP contribution in [0.15, 0.2) is 83.0 Å². The van der Waals surface area contributed by atoms with E-state index in [2.05, 4.69) is 22.3 Å². The Labute approximate surface area is 197 Å². The first-order valence-corrected chi connectivity index (χ1v) is 13.0. The molecule has 166 valence electrons. The molecule has 0 spiro atoms. The number of rotatable bonds is 8. The second-order valence-electron chi connectivity index (χ2n) is 7.13. The summed E-state index contributed by atoms with van der Waals surface area (Å²) in [7, 11) is -3.59. The van der Waals surface area contributed by atoms with Crippen molar-refractivity contribution >= 4 is 39.0 Å². The Morgan fingerprint density at radius 3 is 2.25 bits per heavy atom. The van der Waals surface area contributed by atoms with Crippen molar-refractivity contribution < 1.29 is 8.42 Å². The average Bonchev–Trinajstić information content (AvgIpc) is 3.21. The van der Waals surface area contributed by atoms with Gasteiger partial charge in [-0.05, 0) is 35.4 Å². The number of benzene rings is 2. The lowest BCUT2D eigenvalue weighted by molar-refractivity contribution is 0.445. The fourth-order valence-electron chi connectivity index (χ4n) is 3.50. The van der Waals surface area contributed by atoms with Crippen molar-refractivity contribution in [3.05, 3.63) is 89.1 Å². The van der Waals surface area contributed by atoms with Gasteiger partial charge in [0.1, 0.15) is 0 Å². The van der Waals surface area contributed by atoms with E-state index in [1.807, 2.05) is 56.3 Å². The molecule has 4 aromatic rings. The minimum absolute atomic E-state index is 0.0658. The minimum atomic E-state index is -3.59. The van der Waals surface area contributed by atoms with Crippen molar-refractivity contribution in [2.75, 3.05) is 13.1 Å². The summed E-state index contributed by atoms with van der Waals surface area (Å²) in [6, 6.07) is 21.1. The van der Waals surface area contributed by atoms with Crippen LogP contribution in [-0.4, -0.2) is 40.4 Å². The summed E-state index contributed by atoms with van der Waals surface area (Å²) >= 11 is 7.61. The van der Waals surface area contributed by atoms with Crippen LogP contribution in [-0.2, 0) is 10.0 Å². The molecule has 2 heterocycles. The second-order valence-corrected chi connectivity index (χ2v) is 10.6. The van der Waals surface area contributed by atoms with E-state index in [1.165, 1.54) is 16.1 Å². The Hall–Kier alpha value is -2.39. The molecule has 0 aliphatic heterocycles. The molecule has 0 bridgehead atoms. The molecule has 2 aromatic carbocycles. The lowest BCUT2D eigenvalue weighted by Crippen LogP contribution is -2.30. The number of sulfonamides is 1. The molecule has 0 aliphatic rings. The van der Waals surface area contributed by atoms with Crippen LogP contribution in [0.3, 0.4) is 0 Å². The van der Waals surface area contributed by atoms with E-state index in [-0.39, 0.29) is 10.1 Å². The van der Waals surface area contributed by atoms with Crippen molar-refractivity contribution in [2.45, 2.75) is 29.1 Å². The second kappa shape index (κ2) is 9.62. The number of hydrogen-bond acceptors (Lipinski definition) is 5. The molecule has 32 heavy (non-hydrogen) atoms. The Kier molecular flexibility index (Phi) is 6.85. The third-order valence-corrected chi connectivity index (χ3v) is 8.74. The minimum Gasteiger partial charge on any atom is -0.276 e. The first-order chi connectivity index (χ1) is 15.4. The highest BCUT2D eigenvalue weighted by Crippen LogP contribution is 2.40. The normalized spacial score (nSPS) is 13.0. The maximum Gasteiger partial charge on any atom is 0.244 e. The summed E-state index contributed by atoms with van der Waals surface area (Å²) in [6.07, 6.45) is 1.61. The molecule has 4 rings (SSSR count). The Morgan fingerprint density at radius 1 is 0.938 bits per heavy atom. The van der Waals surface area contributed by atoms with Gasteiger partial charge in [-0.15, -0.1) is 10.2 Å². The van der Waals surface area contributed by atoms with E-state index in [4.69, 9.17) is 11.6 Å². The number of pyridine rings is 1. The molecule has 9 heteroatoms. The summed E-state index contributed by atoms with van der Waals surface area (Å²) in [5.74, 6) is 0. The van der Waals surface area contributed by atoms with E-state index >= 15 is 0 Å². The zero-order valence-electron chi connectivity index (χ0n) is 17.7. The van der Waals surface area contributed by atoms with Crippen LogP contribution >= 0.6 is 23.4 Å². The molecular weight excluding hydrogens is 464 g/mol. The molecule has 0 radical (unpaired) electrons. The smallest absolute Gasteiger partial charge is 0.244 e. The van der Waals surface area contributed by atoms with Crippen LogP contribution in [0, 0.1) is 0 Å². The Balaban J connectivity index is 1.77. The molecule has 6 nitrogen and oxygen atoms in total. The zero-order valence-corrected chi connectivity index (χ0v) is 20.1. The monoisotopic (exact) mass is 486 g/mol. The predicted octanol–water partition coefficient (Wildman–Crippen LogP) is 5.29. The lowest BCUT2D eigenvalue weighted by Gasteiger charge is -2.19. The van der Waals surface area contributed by atoms with Gasteiger partial charge in [0, 0.05) is 24.3 Å². The largest absolute Gasteiger partial charge is 0.276 e. The molecule has 0 N–H and O–H groups in total. The Bertz CT molecular complexity index is 1310. The van der Waals surface area contributed by atoms with E-state index in [0.29, 0.717) is 28.9 Å². The van der Waals surface area contributed by atoms with Gasteiger partial charge in [0.25, 0.3) is 0 Å². The molecule has 1 unspecified atom stereocenters. The van der Waals surface area contributed by atoms with Crippen LogP contribution in [0.25, 0.3) is 5.65 Å². The topological polar surface area (TPSA) is 67.6 Å². The Morgan fingerprint density at radius 2 is 1.59 bits per heavy atom. The summed E-state index contributed by atoms with van der Waals surface area (Å²) in [6.45, 7) is 4.48. The van der Waals surface area contributed by atoms with Crippen LogP contribution in [0.5, 0.6) is 0 Å². The van der Waals surface area contributed by atoms with Gasteiger partial charge in [-0.3, -0.25) is 4.40 Å². The third kappa shape index (κ3) is 4.54. The highest BCUT2D eigenvalue weighted by molar-refractivity contribution is 7.99. The van der Waals surface area contributed by atoms with Gasteiger partial charge < -0.3 is 0 Å². The molecule has 0 fully saturated rings. The van der Waals surface area contributed by atoms with Gasteiger partial charge in [0.15, 0.2) is 10.8 Å². The maximum atomic E-state index is 13.0. The highest BCUT2D eigenvalue weighted by Gasteiger charge is 2.24. The zero-order chi connectivity index (χ0) is 22.7. The van der Waals surface area contributed by atoms with Gasteiger partial charge in [-0.2, -0.15) is 4.31 Å². The number of hydrogen-bond donors (Lipinski definition) is 0. The van der Waals surface area contributed by atoms with Crippen LogP contribution in [0.1, 0.15) is 30.2 Å². The van der Waals surface area contributed by atoms with E-state index in [1.54, 1.807) is 22.7 Å². The van der Waals surface area contributed by atoms with Crippen molar-refractivity contribution in [3.8, 4) is 0 Å². The van der Waals surface area contributed by atoms with Crippen molar-refractivity contribution in [2.24, 2.45) is 0 Å². The molecule has 0 saturated heterocycles. The summed E-state index contributed by atoms with van der Waals surface area (Å²) in [5.41, 5.74) is 2.76. The highest BCUT2D eigenvalue weighted by atomic mass is 35.5. The average molecular weight is 487 g/mol. The van der Waals surface area contributed by atoms with Gasteiger partial charge in [-0.25, -0.2) is 8.42 Å². The molecule has 0 saturated carbocycles. The number of aromatic nitrogens is 3. The molecule has 1 atom stereocenters. The van der Waals surface area contributed by atoms with Crippen LogP contribution in [0.2, 0.25) is 5.02 Å². The third-order valence-electron chi connectivity index (χ3n) is 5.19. The lowest BCUT2D eigenvalue weighted by atomic mass is 10.0. The van der Waals surface area contributed by atoms with Gasteiger partial charge in [0.05, 0.1) is 10.1 Å². The molecular formula is C23H23ClN4O2S2. The quantitative estimate of drug-likeness (QED) is 0.316. The number of fused-ring (bicyclic) bond motifs is 1. The summed E-state index contributed by atoms with van der Waals surface area (Å²) in [5, 5.41) is 9.81. The SMILES string of the molecule is CCN(CC)S(=O)(=O)c1ccc2nnc(SC(c3ccccc3)c3ccc(Cl)cc3)n2c1. The molecule has 0 amide bonds.